The van der Waals surface area contributed by atoms with Crippen LogP contribution in [-0.2, 0) is 0 Å². The van der Waals surface area contributed by atoms with Crippen molar-refractivity contribution in [2.24, 2.45) is 0 Å². The molecular formula is C16H31N3. The summed E-state index contributed by atoms with van der Waals surface area (Å²) in [6, 6.07) is 3.15. The standard InChI is InChI=1S/C16H31N3/c1-3-17-15-8-4-5-9-16(15)19-12-14-7-6-10-18(14)11-13(19)2/h13-17H,3-12H2,1-2H3. The van der Waals surface area contributed by atoms with Gasteiger partial charge in [-0.15, -0.1) is 0 Å². The molecular weight excluding hydrogens is 234 g/mol. The van der Waals surface area contributed by atoms with E-state index < -0.39 is 0 Å². The molecule has 0 aromatic heterocycles. The zero-order valence-corrected chi connectivity index (χ0v) is 12.8. The second kappa shape index (κ2) is 6.11. The van der Waals surface area contributed by atoms with E-state index in [2.05, 4.69) is 29.0 Å². The number of hydrogen-bond acceptors (Lipinski definition) is 3. The first kappa shape index (κ1) is 13.8. The summed E-state index contributed by atoms with van der Waals surface area (Å²) in [7, 11) is 0. The second-order valence-electron chi connectivity index (χ2n) is 6.85. The monoisotopic (exact) mass is 265 g/mol. The molecule has 1 N–H and O–H groups in total. The fourth-order valence-corrected chi connectivity index (χ4v) is 4.68. The number of piperazine rings is 1. The van der Waals surface area contributed by atoms with Crippen LogP contribution < -0.4 is 5.32 Å². The van der Waals surface area contributed by atoms with Crippen molar-refractivity contribution in [3.05, 3.63) is 0 Å². The van der Waals surface area contributed by atoms with E-state index in [1.807, 2.05) is 0 Å². The number of likely N-dealkylation sites (N-methyl/N-ethyl adjacent to an activating group) is 1. The maximum Gasteiger partial charge on any atom is 0.0253 e. The molecule has 3 fully saturated rings. The predicted octanol–water partition coefficient (Wildman–Crippen LogP) is 2.08. The van der Waals surface area contributed by atoms with Crippen LogP contribution in [0.4, 0.5) is 0 Å². The number of hydrogen-bond donors (Lipinski definition) is 1. The van der Waals surface area contributed by atoms with Crippen LogP contribution >= 0.6 is 0 Å². The Hall–Kier alpha value is -0.120. The zero-order chi connectivity index (χ0) is 13.2. The highest BCUT2D eigenvalue weighted by Gasteiger charge is 2.39. The molecule has 3 heteroatoms. The van der Waals surface area contributed by atoms with Crippen molar-refractivity contribution in [2.45, 2.75) is 76.5 Å². The summed E-state index contributed by atoms with van der Waals surface area (Å²) in [5, 5.41) is 3.76. The Labute approximate surface area is 118 Å². The molecule has 4 unspecified atom stereocenters. The summed E-state index contributed by atoms with van der Waals surface area (Å²) in [5.74, 6) is 0. The first-order chi connectivity index (χ1) is 9.29. The Balaban J connectivity index is 1.68. The molecule has 3 rings (SSSR count). The Morgan fingerprint density at radius 3 is 2.74 bits per heavy atom. The minimum Gasteiger partial charge on any atom is -0.313 e. The van der Waals surface area contributed by atoms with Gasteiger partial charge in [-0.25, -0.2) is 0 Å². The van der Waals surface area contributed by atoms with E-state index in [1.54, 1.807) is 0 Å². The molecule has 19 heavy (non-hydrogen) atoms. The molecule has 0 aromatic rings. The van der Waals surface area contributed by atoms with E-state index in [0.29, 0.717) is 0 Å². The lowest BCUT2D eigenvalue weighted by atomic mass is 9.87. The summed E-state index contributed by atoms with van der Waals surface area (Å²) >= 11 is 0. The summed E-state index contributed by atoms with van der Waals surface area (Å²) in [6.45, 7) is 9.81. The molecule has 1 aliphatic carbocycles. The van der Waals surface area contributed by atoms with Gasteiger partial charge in [0, 0.05) is 37.3 Å². The van der Waals surface area contributed by atoms with Crippen LogP contribution in [0.1, 0.15) is 52.4 Å². The second-order valence-corrected chi connectivity index (χ2v) is 6.85. The first-order valence-corrected chi connectivity index (χ1v) is 8.52. The molecule has 0 spiro atoms. The van der Waals surface area contributed by atoms with Crippen LogP contribution in [0.2, 0.25) is 0 Å². The molecule has 0 bridgehead atoms. The van der Waals surface area contributed by atoms with Crippen molar-refractivity contribution in [2.75, 3.05) is 26.2 Å². The van der Waals surface area contributed by atoms with E-state index in [9.17, 15) is 0 Å². The SMILES string of the molecule is CCNC1CCCCC1N1CC2CCCN2CC1C. The van der Waals surface area contributed by atoms with Crippen LogP contribution in [0.25, 0.3) is 0 Å². The van der Waals surface area contributed by atoms with Gasteiger partial charge < -0.3 is 5.32 Å². The van der Waals surface area contributed by atoms with Crippen molar-refractivity contribution >= 4 is 0 Å². The van der Waals surface area contributed by atoms with Crippen LogP contribution in [0.5, 0.6) is 0 Å². The lowest BCUT2D eigenvalue weighted by molar-refractivity contribution is 0.00429. The lowest BCUT2D eigenvalue weighted by Gasteiger charge is -2.49. The third-order valence-corrected chi connectivity index (χ3v) is 5.61. The smallest absolute Gasteiger partial charge is 0.0253 e. The Bertz CT molecular complexity index is 292. The van der Waals surface area contributed by atoms with E-state index in [1.165, 1.54) is 58.2 Å². The predicted molar refractivity (Wildman–Crippen MR) is 80.5 cm³/mol. The maximum atomic E-state index is 3.76. The third-order valence-electron chi connectivity index (χ3n) is 5.61. The molecule has 3 aliphatic rings. The van der Waals surface area contributed by atoms with Gasteiger partial charge in [-0.05, 0) is 45.7 Å². The summed E-state index contributed by atoms with van der Waals surface area (Å²) < 4.78 is 0. The largest absolute Gasteiger partial charge is 0.313 e. The van der Waals surface area contributed by atoms with Gasteiger partial charge in [0.05, 0.1) is 0 Å². The van der Waals surface area contributed by atoms with Crippen LogP contribution in [0.15, 0.2) is 0 Å². The van der Waals surface area contributed by atoms with Gasteiger partial charge in [0.25, 0.3) is 0 Å². The normalized spacial score (nSPS) is 41.4. The number of fused-ring (bicyclic) bond motifs is 1. The van der Waals surface area contributed by atoms with E-state index in [0.717, 1.165) is 30.7 Å². The van der Waals surface area contributed by atoms with Crippen molar-refractivity contribution in [1.82, 2.24) is 15.1 Å². The topological polar surface area (TPSA) is 18.5 Å². The Morgan fingerprint density at radius 1 is 1.05 bits per heavy atom. The van der Waals surface area contributed by atoms with Crippen LogP contribution in [0, 0.1) is 0 Å². The molecule has 0 amide bonds. The average molecular weight is 265 g/mol. The lowest BCUT2D eigenvalue weighted by Crippen LogP contribution is -2.62. The number of rotatable bonds is 3. The molecule has 2 saturated heterocycles. The minimum atomic E-state index is 0.745. The highest BCUT2D eigenvalue weighted by atomic mass is 15.3. The molecule has 0 radical (unpaired) electrons. The molecule has 0 aromatic carbocycles. The van der Waals surface area contributed by atoms with Gasteiger partial charge in [-0.3, -0.25) is 9.80 Å². The maximum absolute atomic E-state index is 3.76. The highest BCUT2D eigenvalue weighted by molar-refractivity contribution is 4.97. The first-order valence-electron chi connectivity index (χ1n) is 8.52. The number of nitrogens with one attached hydrogen (secondary N) is 1. The molecule has 2 aliphatic heterocycles. The summed E-state index contributed by atoms with van der Waals surface area (Å²) in [5.41, 5.74) is 0. The average Bonchev–Trinajstić information content (AvgIpc) is 2.86. The quantitative estimate of drug-likeness (QED) is 0.843. The van der Waals surface area contributed by atoms with E-state index in [4.69, 9.17) is 0 Å². The zero-order valence-electron chi connectivity index (χ0n) is 12.8. The molecule has 2 heterocycles. The van der Waals surface area contributed by atoms with E-state index in [-0.39, 0.29) is 0 Å². The molecule has 3 nitrogen and oxygen atoms in total. The summed E-state index contributed by atoms with van der Waals surface area (Å²) in [4.78, 5) is 5.60. The van der Waals surface area contributed by atoms with Crippen LogP contribution in [-0.4, -0.2) is 60.1 Å². The number of nitrogens with zero attached hydrogens (tertiary/aromatic N) is 2. The van der Waals surface area contributed by atoms with Gasteiger partial charge in [0.2, 0.25) is 0 Å². The van der Waals surface area contributed by atoms with Crippen LogP contribution in [0.3, 0.4) is 0 Å². The van der Waals surface area contributed by atoms with Gasteiger partial charge in [0.1, 0.15) is 0 Å². The highest BCUT2D eigenvalue weighted by Crippen LogP contribution is 2.31. The minimum absolute atomic E-state index is 0.745. The van der Waals surface area contributed by atoms with Crippen molar-refractivity contribution in [3.8, 4) is 0 Å². The third kappa shape index (κ3) is 2.84. The van der Waals surface area contributed by atoms with Gasteiger partial charge >= 0.3 is 0 Å². The fourth-order valence-electron chi connectivity index (χ4n) is 4.68. The van der Waals surface area contributed by atoms with Crippen molar-refractivity contribution in [3.63, 3.8) is 0 Å². The van der Waals surface area contributed by atoms with Crippen molar-refractivity contribution < 1.29 is 0 Å². The molecule has 4 atom stereocenters. The van der Waals surface area contributed by atoms with Gasteiger partial charge in [-0.1, -0.05) is 19.8 Å². The summed E-state index contributed by atoms with van der Waals surface area (Å²) in [6.07, 6.45) is 8.51. The van der Waals surface area contributed by atoms with Crippen molar-refractivity contribution in [1.29, 1.82) is 0 Å². The molecule has 1 saturated carbocycles. The fraction of sp³-hybridized carbons (Fsp3) is 1.00. The van der Waals surface area contributed by atoms with Gasteiger partial charge in [0.15, 0.2) is 0 Å². The van der Waals surface area contributed by atoms with Gasteiger partial charge in [-0.2, -0.15) is 0 Å². The Kier molecular flexibility index (Phi) is 4.45. The molecule has 110 valence electrons. The van der Waals surface area contributed by atoms with E-state index >= 15 is 0 Å². The Morgan fingerprint density at radius 2 is 1.89 bits per heavy atom.